The number of carbonyl (C=O) groups is 2. The van der Waals surface area contributed by atoms with Gasteiger partial charge in [-0.1, -0.05) is 109 Å². The number of carbonyl (C=O) groups excluding carboxylic acids is 2. The number of hydrogen-bond donors (Lipinski definition) is 1. The van der Waals surface area contributed by atoms with Crippen molar-refractivity contribution in [3.63, 3.8) is 0 Å². The minimum atomic E-state index is -0.610. The molecular formula is C37H33NO4. The quantitative estimate of drug-likeness (QED) is 0.230. The summed E-state index contributed by atoms with van der Waals surface area (Å²) >= 11 is 0. The van der Waals surface area contributed by atoms with Crippen LogP contribution in [0.3, 0.4) is 0 Å². The lowest BCUT2D eigenvalue weighted by molar-refractivity contribution is -0.140. The zero-order chi connectivity index (χ0) is 28.9. The van der Waals surface area contributed by atoms with Crippen LogP contribution in [0.5, 0.6) is 5.75 Å². The smallest absolute Gasteiger partial charge is 0.337 e. The lowest BCUT2D eigenvalue weighted by Crippen LogP contribution is -2.36. The van der Waals surface area contributed by atoms with Crippen LogP contribution in [0.4, 0.5) is 0 Å². The molecule has 0 saturated carbocycles. The van der Waals surface area contributed by atoms with E-state index in [9.17, 15) is 9.59 Å². The van der Waals surface area contributed by atoms with Gasteiger partial charge in [-0.05, 0) is 42.0 Å². The molecule has 0 fully saturated rings. The first-order chi connectivity index (χ1) is 20.6. The number of Topliss-reactive ketones (excluding diaryl/α,β-unsaturated/α-hetero) is 1. The maximum atomic E-state index is 14.0. The minimum Gasteiger partial charge on any atom is -0.489 e. The van der Waals surface area contributed by atoms with E-state index < -0.39 is 11.9 Å². The van der Waals surface area contributed by atoms with Crippen molar-refractivity contribution in [3.8, 4) is 5.75 Å². The normalized spacial score (nSPS) is 18.3. The van der Waals surface area contributed by atoms with E-state index in [1.807, 2.05) is 110 Å². The molecule has 210 valence electrons. The lowest BCUT2D eigenvalue weighted by atomic mass is 9.71. The van der Waals surface area contributed by atoms with Crippen molar-refractivity contribution in [1.82, 2.24) is 5.32 Å². The fourth-order valence-electron chi connectivity index (χ4n) is 5.97. The number of hydrogen-bond acceptors (Lipinski definition) is 5. The third kappa shape index (κ3) is 5.77. The zero-order valence-corrected chi connectivity index (χ0v) is 23.6. The fraction of sp³-hybridized carbons (Fsp3) is 0.189. The topological polar surface area (TPSA) is 64.6 Å². The Hall–Kier alpha value is -4.90. The van der Waals surface area contributed by atoms with Crippen molar-refractivity contribution in [2.24, 2.45) is 0 Å². The Balaban J connectivity index is 1.38. The number of nitrogens with one attached hydrogen (secondary N) is 1. The first-order valence-electron chi connectivity index (χ1n) is 14.3. The summed E-state index contributed by atoms with van der Waals surface area (Å²) < 4.78 is 12.2. The molecule has 5 nitrogen and oxygen atoms in total. The standard InChI is InChI=1S/C37H33NO4/c1-25-34(37(40)42-24-27-15-7-3-8-16-27)35(30-19-11-12-20-33(30)41-23-26-13-5-2-6-14-26)36-31(38-25)21-29(22-32(36)39)28-17-9-4-10-18-28/h2-20,29,35,38H,21-24H2,1H3/t29-,35+/m1/s1. The Morgan fingerprint density at radius 2 is 1.36 bits per heavy atom. The highest BCUT2D eigenvalue weighted by atomic mass is 16.5. The Kier molecular flexibility index (Phi) is 8.00. The molecule has 42 heavy (non-hydrogen) atoms. The molecule has 0 radical (unpaired) electrons. The van der Waals surface area contributed by atoms with Crippen molar-refractivity contribution in [3.05, 3.63) is 160 Å². The number of rotatable bonds is 8. The molecule has 2 atom stereocenters. The number of ether oxygens (including phenoxy) is 2. The SMILES string of the molecule is CC1=C(C(=O)OCc2ccccc2)[C@H](c2ccccc2OCc2ccccc2)C2=C(C[C@@H](c3ccccc3)CC2=O)N1. The molecule has 1 aliphatic heterocycles. The average Bonchev–Trinajstić information content (AvgIpc) is 3.03. The molecule has 4 aromatic rings. The van der Waals surface area contributed by atoms with Crippen molar-refractivity contribution in [2.75, 3.05) is 0 Å². The summed E-state index contributed by atoms with van der Waals surface area (Å²) in [6, 6.07) is 37.4. The van der Waals surface area contributed by atoms with Gasteiger partial charge in [0.05, 0.1) is 11.5 Å². The number of benzene rings is 4. The summed E-state index contributed by atoms with van der Waals surface area (Å²) in [6.45, 7) is 2.40. The van der Waals surface area contributed by atoms with Gasteiger partial charge in [-0.15, -0.1) is 0 Å². The van der Waals surface area contributed by atoms with Crippen LogP contribution in [0, 0.1) is 0 Å². The van der Waals surface area contributed by atoms with Gasteiger partial charge >= 0.3 is 5.97 Å². The Morgan fingerprint density at radius 1 is 0.762 bits per heavy atom. The molecule has 1 N–H and O–H groups in total. The monoisotopic (exact) mass is 555 g/mol. The summed E-state index contributed by atoms with van der Waals surface area (Å²) in [6.07, 6.45) is 1.05. The number of dihydropyridines is 1. The van der Waals surface area contributed by atoms with Crippen LogP contribution in [0.2, 0.25) is 0 Å². The van der Waals surface area contributed by atoms with Gasteiger partial charge in [0.25, 0.3) is 0 Å². The predicted octanol–water partition coefficient (Wildman–Crippen LogP) is 7.37. The predicted molar refractivity (Wildman–Crippen MR) is 162 cm³/mol. The van der Waals surface area contributed by atoms with Gasteiger partial charge in [0.1, 0.15) is 19.0 Å². The van der Waals surface area contributed by atoms with Crippen LogP contribution in [-0.2, 0) is 27.5 Å². The van der Waals surface area contributed by atoms with E-state index in [1.165, 1.54) is 0 Å². The molecule has 0 spiro atoms. The number of ketones is 1. The molecule has 1 aliphatic carbocycles. The Morgan fingerprint density at radius 3 is 2.05 bits per heavy atom. The molecule has 4 aromatic carbocycles. The van der Waals surface area contributed by atoms with Crippen LogP contribution >= 0.6 is 0 Å². The van der Waals surface area contributed by atoms with Crippen LogP contribution < -0.4 is 10.1 Å². The molecule has 0 unspecified atom stereocenters. The van der Waals surface area contributed by atoms with Gasteiger partial charge in [0.15, 0.2) is 5.78 Å². The van der Waals surface area contributed by atoms with Crippen molar-refractivity contribution in [2.45, 2.75) is 44.8 Å². The average molecular weight is 556 g/mol. The molecule has 2 aliphatic rings. The maximum Gasteiger partial charge on any atom is 0.337 e. The molecule has 0 saturated heterocycles. The molecule has 0 bridgehead atoms. The Labute approximate surface area is 246 Å². The summed E-state index contributed by atoms with van der Waals surface area (Å²) in [4.78, 5) is 27.9. The first-order valence-corrected chi connectivity index (χ1v) is 14.3. The van der Waals surface area contributed by atoms with Gasteiger partial charge in [-0.3, -0.25) is 4.79 Å². The van der Waals surface area contributed by atoms with Gasteiger partial charge < -0.3 is 14.8 Å². The van der Waals surface area contributed by atoms with E-state index in [0.717, 1.165) is 28.0 Å². The van der Waals surface area contributed by atoms with Crippen molar-refractivity contribution >= 4 is 11.8 Å². The molecule has 6 rings (SSSR count). The molecule has 0 aromatic heterocycles. The summed E-state index contributed by atoms with van der Waals surface area (Å²) in [5.41, 5.74) is 6.46. The van der Waals surface area contributed by atoms with E-state index in [2.05, 4.69) is 17.4 Å². The van der Waals surface area contributed by atoms with Gasteiger partial charge in [-0.2, -0.15) is 0 Å². The van der Waals surface area contributed by atoms with Gasteiger partial charge in [-0.25, -0.2) is 4.79 Å². The highest BCUT2D eigenvalue weighted by Crippen LogP contribution is 2.47. The van der Waals surface area contributed by atoms with Crippen LogP contribution in [0.15, 0.2) is 138 Å². The maximum absolute atomic E-state index is 14.0. The van der Waals surface area contributed by atoms with E-state index in [1.54, 1.807) is 0 Å². The number of para-hydroxylation sites is 1. The van der Waals surface area contributed by atoms with Gasteiger partial charge in [0, 0.05) is 29.0 Å². The van der Waals surface area contributed by atoms with Crippen molar-refractivity contribution < 1.29 is 19.1 Å². The molecule has 1 heterocycles. The van der Waals surface area contributed by atoms with Crippen LogP contribution in [0.1, 0.15) is 53.9 Å². The highest BCUT2D eigenvalue weighted by Gasteiger charge is 2.42. The van der Waals surface area contributed by atoms with E-state index in [4.69, 9.17) is 9.47 Å². The summed E-state index contributed by atoms with van der Waals surface area (Å²) in [5, 5.41) is 3.45. The second-order valence-corrected chi connectivity index (χ2v) is 10.8. The first kappa shape index (κ1) is 27.3. The fourth-order valence-corrected chi connectivity index (χ4v) is 5.97. The number of esters is 1. The van der Waals surface area contributed by atoms with E-state index >= 15 is 0 Å². The zero-order valence-electron chi connectivity index (χ0n) is 23.6. The highest BCUT2D eigenvalue weighted by molar-refractivity contribution is 6.04. The third-order valence-electron chi connectivity index (χ3n) is 8.00. The second-order valence-electron chi connectivity index (χ2n) is 10.8. The van der Waals surface area contributed by atoms with Crippen molar-refractivity contribution in [1.29, 1.82) is 0 Å². The largest absolute Gasteiger partial charge is 0.489 e. The molecular weight excluding hydrogens is 522 g/mol. The van der Waals surface area contributed by atoms with E-state index in [-0.39, 0.29) is 18.3 Å². The van der Waals surface area contributed by atoms with E-state index in [0.29, 0.717) is 42.0 Å². The second kappa shape index (κ2) is 12.3. The van der Waals surface area contributed by atoms with Crippen LogP contribution in [-0.4, -0.2) is 11.8 Å². The Bertz CT molecular complexity index is 1640. The summed E-state index contributed by atoms with van der Waals surface area (Å²) in [5.74, 6) is -0.327. The lowest BCUT2D eigenvalue weighted by Gasteiger charge is -2.37. The summed E-state index contributed by atoms with van der Waals surface area (Å²) in [7, 11) is 0. The van der Waals surface area contributed by atoms with Crippen LogP contribution in [0.25, 0.3) is 0 Å². The minimum absolute atomic E-state index is 0.0290. The molecule has 5 heteroatoms. The third-order valence-corrected chi connectivity index (χ3v) is 8.00. The molecule has 0 amide bonds. The van der Waals surface area contributed by atoms with Gasteiger partial charge in [0.2, 0.25) is 0 Å². The number of allylic oxidation sites excluding steroid dienone is 3.